The van der Waals surface area contributed by atoms with Crippen LogP contribution in [0.3, 0.4) is 0 Å². The molecule has 0 heterocycles. The molecule has 21 heavy (non-hydrogen) atoms. The molecule has 8 nitrogen and oxygen atoms in total. The van der Waals surface area contributed by atoms with Crippen molar-refractivity contribution in [1.29, 1.82) is 0 Å². The van der Waals surface area contributed by atoms with Crippen molar-refractivity contribution in [2.45, 2.75) is 18.2 Å². The van der Waals surface area contributed by atoms with Gasteiger partial charge in [-0.15, -0.1) is 0 Å². The van der Waals surface area contributed by atoms with Crippen LogP contribution in [-0.2, 0) is 10.0 Å². The van der Waals surface area contributed by atoms with E-state index in [1.807, 2.05) is 5.32 Å². The summed E-state index contributed by atoms with van der Waals surface area (Å²) in [4.78, 5) is 21.0. The zero-order valence-electron chi connectivity index (χ0n) is 10.7. The maximum absolute atomic E-state index is 12.0. The van der Waals surface area contributed by atoms with E-state index >= 15 is 0 Å². The van der Waals surface area contributed by atoms with Gasteiger partial charge in [0.05, 0.1) is 21.9 Å². The van der Waals surface area contributed by atoms with Crippen molar-refractivity contribution in [3.63, 3.8) is 0 Å². The molecule has 0 radical (unpaired) electrons. The Morgan fingerprint density at radius 1 is 1.48 bits per heavy atom. The molecule has 116 valence electrons. The number of nitrogens with two attached hydrogens (primary N) is 1. The van der Waals surface area contributed by atoms with Crippen molar-refractivity contribution < 1.29 is 26.9 Å². The van der Waals surface area contributed by atoms with E-state index < -0.39 is 50.0 Å². The van der Waals surface area contributed by atoms with Crippen LogP contribution < -0.4 is 10.5 Å². The third-order valence-electron chi connectivity index (χ3n) is 2.54. The minimum absolute atomic E-state index is 0.154. The molecule has 1 aromatic rings. The first-order valence-electron chi connectivity index (χ1n) is 5.42. The zero-order chi connectivity index (χ0) is 16.4. The molecule has 0 saturated carbocycles. The number of nitro groups is 1. The molecule has 0 spiro atoms. The van der Waals surface area contributed by atoms with E-state index in [4.69, 9.17) is 5.14 Å². The molecule has 0 unspecified atom stereocenters. The van der Waals surface area contributed by atoms with Gasteiger partial charge >= 0.3 is 0 Å². The average molecular weight is 323 g/mol. The fourth-order valence-electron chi connectivity index (χ4n) is 1.53. The molecular formula is C10H11F2N3O5S. The number of halogens is 2. The molecule has 0 atom stereocenters. The molecule has 3 N–H and O–H groups in total. The van der Waals surface area contributed by atoms with Crippen LogP contribution in [0.1, 0.15) is 15.9 Å². The highest BCUT2D eigenvalue weighted by Gasteiger charge is 2.24. The predicted molar refractivity (Wildman–Crippen MR) is 67.5 cm³/mol. The maximum Gasteiger partial charge on any atom is 0.274 e. The zero-order valence-corrected chi connectivity index (χ0v) is 11.5. The Morgan fingerprint density at radius 3 is 2.48 bits per heavy atom. The second-order valence-electron chi connectivity index (χ2n) is 4.02. The minimum atomic E-state index is -4.30. The van der Waals surface area contributed by atoms with Crippen molar-refractivity contribution in [2.24, 2.45) is 5.14 Å². The summed E-state index contributed by atoms with van der Waals surface area (Å²) < 4.78 is 46.6. The van der Waals surface area contributed by atoms with Gasteiger partial charge in [-0.05, 0) is 13.0 Å². The predicted octanol–water partition coefficient (Wildman–Crippen LogP) is 0.546. The molecule has 0 aliphatic heterocycles. The number of sulfonamides is 1. The molecule has 1 aromatic carbocycles. The summed E-state index contributed by atoms with van der Waals surface area (Å²) >= 11 is 0. The largest absolute Gasteiger partial charge is 0.346 e. The van der Waals surface area contributed by atoms with Gasteiger partial charge in [0.25, 0.3) is 18.0 Å². The number of benzene rings is 1. The van der Waals surface area contributed by atoms with Gasteiger partial charge in [0.2, 0.25) is 10.0 Å². The summed E-state index contributed by atoms with van der Waals surface area (Å²) in [5.41, 5.74) is -1.21. The minimum Gasteiger partial charge on any atom is -0.346 e. The fraction of sp³-hybridized carbons (Fsp3) is 0.300. The van der Waals surface area contributed by atoms with Gasteiger partial charge in [-0.2, -0.15) is 0 Å². The van der Waals surface area contributed by atoms with E-state index in [9.17, 15) is 32.1 Å². The average Bonchev–Trinajstić information content (AvgIpc) is 2.34. The number of nitrogens with zero attached hydrogens (tertiary/aromatic N) is 1. The molecule has 0 saturated heterocycles. The van der Waals surface area contributed by atoms with Crippen LogP contribution in [0.15, 0.2) is 17.0 Å². The van der Waals surface area contributed by atoms with Crippen LogP contribution in [0.2, 0.25) is 0 Å². The van der Waals surface area contributed by atoms with E-state index in [2.05, 4.69) is 0 Å². The van der Waals surface area contributed by atoms with E-state index in [1.54, 1.807) is 0 Å². The molecular weight excluding hydrogens is 312 g/mol. The highest BCUT2D eigenvalue weighted by molar-refractivity contribution is 7.89. The van der Waals surface area contributed by atoms with Crippen molar-refractivity contribution in [2.75, 3.05) is 6.54 Å². The summed E-state index contributed by atoms with van der Waals surface area (Å²) in [6, 6.07) is 1.51. The van der Waals surface area contributed by atoms with E-state index in [1.165, 1.54) is 6.92 Å². The van der Waals surface area contributed by atoms with Crippen LogP contribution >= 0.6 is 0 Å². The number of hydrogen-bond acceptors (Lipinski definition) is 5. The van der Waals surface area contributed by atoms with Crippen molar-refractivity contribution in [1.82, 2.24) is 5.32 Å². The lowest BCUT2D eigenvalue weighted by Crippen LogP contribution is -2.29. The number of carbonyl (C=O) groups is 1. The smallest absolute Gasteiger partial charge is 0.274 e. The highest BCUT2D eigenvalue weighted by atomic mass is 32.2. The number of carbonyl (C=O) groups excluding carboxylic acids is 1. The first-order valence-corrected chi connectivity index (χ1v) is 6.97. The lowest BCUT2D eigenvalue weighted by molar-refractivity contribution is -0.385. The van der Waals surface area contributed by atoms with Gasteiger partial charge in [0.1, 0.15) is 0 Å². The fourth-order valence-corrected chi connectivity index (χ4v) is 2.09. The Balaban J connectivity index is 3.40. The molecule has 0 fully saturated rings. The molecule has 0 aromatic heterocycles. The van der Waals surface area contributed by atoms with Gasteiger partial charge in [0, 0.05) is 11.6 Å². The van der Waals surface area contributed by atoms with Gasteiger partial charge in [-0.1, -0.05) is 0 Å². The lowest BCUT2D eigenvalue weighted by Gasteiger charge is -2.09. The molecule has 1 amide bonds. The summed E-state index contributed by atoms with van der Waals surface area (Å²) in [6.45, 7) is 0.230. The number of primary sulfonamides is 1. The standard InChI is InChI=1S/C10H11F2N3O5S/c1-5-7(10(16)14-4-9(11)12)2-6(21(13,19)20)3-8(5)15(17)18/h2-3,9H,4H2,1H3,(H,14,16)(H2,13,19,20). The number of nitrogens with one attached hydrogen (secondary N) is 1. The number of nitro benzene ring substituents is 1. The first-order chi connectivity index (χ1) is 9.54. The maximum atomic E-state index is 12.0. The number of rotatable bonds is 5. The second kappa shape index (κ2) is 6.10. The van der Waals surface area contributed by atoms with Crippen molar-refractivity contribution in [3.05, 3.63) is 33.4 Å². The van der Waals surface area contributed by atoms with Crippen molar-refractivity contribution >= 4 is 21.6 Å². The highest BCUT2D eigenvalue weighted by Crippen LogP contribution is 2.25. The quantitative estimate of drug-likeness (QED) is 0.603. The summed E-state index contributed by atoms with van der Waals surface area (Å²) in [7, 11) is -4.30. The van der Waals surface area contributed by atoms with Crippen molar-refractivity contribution in [3.8, 4) is 0 Å². The van der Waals surface area contributed by atoms with Gasteiger partial charge in [-0.25, -0.2) is 22.3 Å². The topological polar surface area (TPSA) is 132 Å². The van der Waals surface area contributed by atoms with E-state index in [0.29, 0.717) is 6.07 Å². The number of amides is 1. The molecule has 1 rings (SSSR count). The van der Waals surface area contributed by atoms with Gasteiger partial charge < -0.3 is 5.32 Å². The Kier molecular flexibility index (Phi) is 4.91. The monoisotopic (exact) mass is 323 g/mol. The van der Waals surface area contributed by atoms with E-state index in [-0.39, 0.29) is 5.56 Å². The second-order valence-corrected chi connectivity index (χ2v) is 5.58. The van der Waals surface area contributed by atoms with Crippen LogP contribution in [-0.4, -0.2) is 32.2 Å². The van der Waals surface area contributed by atoms with Crippen LogP contribution in [0.5, 0.6) is 0 Å². The Morgan fingerprint density at radius 2 is 2.05 bits per heavy atom. The molecule has 0 bridgehead atoms. The van der Waals surface area contributed by atoms with E-state index in [0.717, 1.165) is 6.07 Å². The number of hydrogen-bond donors (Lipinski definition) is 2. The van der Waals surface area contributed by atoms with Crippen LogP contribution in [0.25, 0.3) is 0 Å². The summed E-state index contributed by atoms with van der Waals surface area (Å²) in [5, 5.41) is 17.6. The third kappa shape index (κ3) is 4.16. The number of alkyl halides is 2. The summed E-state index contributed by atoms with van der Waals surface area (Å²) in [6.07, 6.45) is -2.81. The first kappa shape index (κ1) is 16.9. The normalized spacial score (nSPS) is 11.5. The van der Waals surface area contributed by atoms with Crippen LogP contribution in [0.4, 0.5) is 14.5 Å². The Labute approximate surface area is 118 Å². The molecule has 0 aliphatic carbocycles. The lowest BCUT2D eigenvalue weighted by atomic mass is 10.1. The summed E-state index contributed by atoms with van der Waals surface area (Å²) in [5.74, 6) is -1.05. The molecule has 11 heteroatoms. The molecule has 0 aliphatic rings. The third-order valence-corrected chi connectivity index (χ3v) is 3.43. The Bertz CT molecular complexity index is 690. The SMILES string of the molecule is Cc1c(C(=O)NCC(F)F)cc(S(N)(=O)=O)cc1[N+](=O)[O-]. The van der Waals surface area contributed by atoms with Crippen LogP contribution in [0, 0.1) is 17.0 Å². The Hall–Kier alpha value is -2.14. The van der Waals surface area contributed by atoms with Gasteiger partial charge in [-0.3, -0.25) is 14.9 Å². The van der Waals surface area contributed by atoms with Gasteiger partial charge in [0.15, 0.2) is 0 Å².